The quantitative estimate of drug-likeness (QED) is 0.752. The molecule has 0 spiro atoms. The van der Waals surface area contributed by atoms with Crippen LogP contribution >= 0.6 is 0 Å². The van der Waals surface area contributed by atoms with E-state index in [4.69, 9.17) is 0 Å². The number of hydrogen-bond acceptors (Lipinski definition) is 4. The maximum absolute atomic E-state index is 13.6. The molecule has 1 aliphatic rings. The van der Waals surface area contributed by atoms with Crippen LogP contribution in [-0.2, 0) is 11.2 Å². The highest BCUT2D eigenvalue weighted by molar-refractivity contribution is 5.76. The number of amides is 1. The Bertz CT molecular complexity index is 615. The smallest absolute Gasteiger partial charge is 0.270 e. The van der Waals surface area contributed by atoms with Crippen molar-refractivity contribution in [3.05, 3.63) is 27.4 Å². The molecular weight excluding hydrogens is 294 g/mol. The van der Waals surface area contributed by atoms with Crippen molar-refractivity contribution in [2.75, 3.05) is 13.1 Å². The van der Waals surface area contributed by atoms with Crippen LogP contribution in [0, 0.1) is 13.8 Å². The molecule has 1 saturated heterocycles. The van der Waals surface area contributed by atoms with Crippen molar-refractivity contribution >= 4 is 5.91 Å². The first kappa shape index (κ1) is 16.5. The van der Waals surface area contributed by atoms with E-state index in [2.05, 4.69) is 20.6 Å². The number of carbonyl (C=O) groups excluding carboxylic acids is 1. The fraction of sp³-hybridized carbons (Fsp3) is 0.643. The van der Waals surface area contributed by atoms with Crippen LogP contribution in [0.1, 0.15) is 29.9 Å². The van der Waals surface area contributed by atoms with Gasteiger partial charge in [-0.1, -0.05) is 0 Å². The van der Waals surface area contributed by atoms with Gasteiger partial charge in [0.1, 0.15) is 11.9 Å². The Balaban J connectivity index is 1.95. The van der Waals surface area contributed by atoms with Crippen molar-refractivity contribution in [3.8, 4) is 0 Å². The lowest BCUT2D eigenvalue weighted by atomic mass is 10.0. The molecule has 8 heteroatoms. The Morgan fingerprint density at radius 2 is 2.18 bits per heavy atom. The minimum atomic E-state index is -2.90. The minimum absolute atomic E-state index is 0.0265. The molecule has 1 fully saturated rings. The predicted octanol–water partition coefficient (Wildman–Crippen LogP) is 0.433. The molecule has 122 valence electrons. The van der Waals surface area contributed by atoms with E-state index in [1.54, 1.807) is 13.8 Å². The SMILES string of the molecule is Cc1nc(C)c(CCC(=O)NC2CNCCC2(F)F)c(=O)[nH]1. The summed E-state index contributed by atoms with van der Waals surface area (Å²) in [6, 6.07) is -1.20. The molecule has 0 saturated carbocycles. The number of rotatable bonds is 4. The highest BCUT2D eigenvalue weighted by atomic mass is 19.3. The average molecular weight is 314 g/mol. The maximum atomic E-state index is 13.6. The monoisotopic (exact) mass is 314 g/mol. The molecule has 3 N–H and O–H groups in total. The molecule has 1 amide bonds. The van der Waals surface area contributed by atoms with Crippen LogP contribution < -0.4 is 16.2 Å². The van der Waals surface area contributed by atoms with Crippen LogP contribution in [0.15, 0.2) is 4.79 Å². The molecule has 1 aliphatic heterocycles. The Morgan fingerprint density at radius 1 is 1.45 bits per heavy atom. The number of aromatic nitrogens is 2. The van der Waals surface area contributed by atoms with Gasteiger partial charge in [0.25, 0.3) is 11.5 Å². The third-order valence-corrected chi connectivity index (χ3v) is 3.77. The highest BCUT2D eigenvalue weighted by Gasteiger charge is 2.42. The van der Waals surface area contributed by atoms with Gasteiger partial charge in [-0.2, -0.15) is 0 Å². The molecule has 2 heterocycles. The zero-order valence-corrected chi connectivity index (χ0v) is 12.6. The van der Waals surface area contributed by atoms with Crippen molar-refractivity contribution in [1.82, 2.24) is 20.6 Å². The Morgan fingerprint density at radius 3 is 2.82 bits per heavy atom. The van der Waals surface area contributed by atoms with Crippen molar-refractivity contribution in [2.45, 2.75) is 45.1 Å². The fourth-order valence-corrected chi connectivity index (χ4v) is 2.53. The molecule has 0 radical (unpaired) electrons. The number of carbonyl (C=O) groups is 1. The minimum Gasteiger partial charge on any atom is -0.346 e. The predicted molar refractivity (Wildman–Crippen MR) is 77.0 cm³/mol. The summed E-state index contributed by atoms with van der Waals surface area (Å²) >= 11 is 0. The first-order chi connectivity index (χ1) is 10.3. The summed E-state index contributed by atoms with van der Waals surface area (Å²) in [5.74, 6) is -2.89. The van der Waals surface area contributed by atoms with Gasteiger partial charge in [0, 0.05) is 37.2 Å². The number of hydrogen-bond donors (Lipinski definition) is 3. The summed E-state index contributed by atoms with van der Waals surface area (Å²) in [6.45, 7) is 3.64. The number of piperidine rings is 1. The summed E-state index contributed by atoms with van der Waals surface area (Å²) in [5.41, 5.74) is 0.676. The van der Waals surface area contributed by atoms with Crippen molar-refractivity contribution in [1.29, 1.82) is 0 Å². The van der Waals surface area contributed by atoms with E-state index in [0.717, 1.165) is 0 Å². The fourth-order valence-electron chi connectivity index (χ4n) is 2.53. The van der Waals surface area contributed by atoms with Gasteiger partial charge in [-0.25, -0.2) is 13.8 Å². The van der Waals surface area contributed by atoms with Crippen LogP contribution in [0.2, 0.25) is 0 Å². The molecule has 0 aromatic carbocycles. The lowest BCUT2D eigenvalue weighted by molar-refractivity contribution is -0.127. The topological polar surface area (TPSA) is 86.9 Å². The molecule has 1 atom stereocenters. The van der Waals surface area contributed by atoms with Crippen LogP contribution in [0.5, 0.6) is 0 Å². The van der Waals surface area contributed by atoms with Gasteiger partial charge >= 0.3 is 0 Å². The van der Waals surface area contributed by atoms with E-state index in [9.17, 15) is 18.4 Å². The zero-order chi connectivity index (χ0) is 16.3. The molecule has 1 aromatic heterocycles. The molecule has 6 nitrogen and oxygen atoms in total. The number of aryl methyl sites for hydroxylation is 2. The first-order valence-electron chi connectivity index (χ1n) is 7.24. The van der Waals surface area contributed by atoms with Gasteiger partial charge in [0.05, 0.1) is 0 Å². The van der Waals surface area contributed by atoms with Crippen molar-refractivity contribution in [2.24, 2.45) is 0 Å². The van der Waals surface area contributed by atoms with E-state index in [1.807, 2.05) is 0 Å². The number of aromatic amines is 1. The maximum Gasteiger partial charge on any atom is 0.270 e. The Hall–Kier alpha value is -1.83. The molecule has 22 heavy (non-hydrogen) atoms. The van der Waals surface area contributed by atoms with Crippen molar-refractivity contribution in [3.63, 3.8) is 0 Å². The molecule has 1 unspecified atom stereocenters. The second kappa shape index (κ2) is 6.51. The molecule has 2 rings (SSSR count). The largest absolute Gasteiger partial charge is 0.346 e. The van der Waals surface area contributed by atoms with E-state index in [0.29, 0.717) is 17.1 Å². The summed E-state index contributed by atoms with van der Waals surface area (Å²) in [6.07, 6.45) is -0.147. The zero-order valence-electron chi connectivity index (χ0n) is 12.6. The number of nitrogens with zero attached hydrogens (tertiary/aromatic N) is 1. The number of alkyl halides is 2. The molecule has 1 aromatic rings. The summed E-state index contributed by atoms with van der Waals surface area (Å²) in [7, 11) is 0. The Labute approximate surface area is 126 Å². The normalized spacial score (nSPS) is 20.6. The van der Waals surface area contributed by atoms with E-state index in [1.165, 1.54) is 0 Å². The third kappa shape index (κ3) is 3.88. The molecular formula is C14H20F2N4O2. The lowest BCUT2D eigenvalue weighted by Crippen LogP contribution is -2.57. The van der Waals surface area contributed by atoms with Gasteiger partial charge in [0.15, 0.2) is 0 Å². The van der Waals surface area contributed by atoms with Crippen LogP contribution in [0.25, 0.3) is 0 Å². The van der Waals surface area contributed by atoms with Gasteiger partial charge in [-0.05, 0) is 20.3 Å². The third-order valence-electron chi connectivity index (χ3n) is 3.77. The van der Waals surface area contributed by atoms with Crippen LogP contribution in [0.4, 0.5) is 8.78 Å². The Kier molecular flexibility index (Phi) is 4.90. The van der Waals surface area contributed by atoms with E-state index >= 15 is 0 Å². The van der Waals surface area contributed by atoms with Crippen LogP contribution in [0.3, 0.4) is 0 Å². The second-order valence-corrected chi connectivity index (χ2v) is 5.55. The highest BCUT2D eigenvalue weighted by Crippen LogP contribution is 2.25. The number of halogens is 2. The summed E-state index contributed by atoms with van der Waals surface area (Å²) in [5, 5.41) is 5.18. The number of nitrogens with one attached hydrogen (secondary N) is 3. The van der Waals surface area contributed by atoms with Gasteiger partial charge in [-0.15, -0.1) is 0 Å². The second-order valence-electron chi connectivity index (χ2n) is 5.55. The van der Waals surface area contributed by atoms with Crippen molar-refractivity contribution < 1.29 is 13.6 Å². The standard InChI is InChI=1S/C14H20F2N4O2/c1-8-10(13(22)19-9(2)18-8)3-4-12(21)20-11-7-17-6-5-14(11,15)16/h11,17H,3-7H2,1-2H3,(H,20,21)(H,18,19,22). The van der Waals surface area contributed by atoms with E-state index < -0.39 is 17.9 Å². The number of H-pyrrole nitrogens is 1. The van der Waals surface area contributed by atoms with Crippen LogP contribution in [-0.4, -0.2) is 40.9 Å². The van der Waals surface area contributed by atoms with Gasteiger partial charge in [0.2, 0.25) is 5.91 Å². The lowest BCUT2D eigenvalue weighted by Gasteiger charge is -2.32. The first-order valence-corrected chi connectivity index (χ1v) is 7.24. The van der Waals surface area contributed by atoms with Gasteiger partial charge in [-0.3, -0.25) is 9.59 Å². The molecule has 0 bridgehead atoms. The molecule has 0 aliphatic carbocycles. The average Bonchev–Trinajstić information content (AvgIpc) is 2.40. The van der Waals surface area contributed by atoms with E-state index in [-0.39, 0.29) is 37.9 Å². The van der Waals surface area contributed by atoms with Gasteiger partial charge < -0.3 is 15.6 Å². The summed E-state index contributed by atoms with van der Waals surface area (Å²) in [4.78, 5) is 30.4. The summed E-state index contributed by atoms with van der Waals surface area (Å²) < 4.78 is 27.3.